The molecule has 0 aliphatic rings. The number of nitrogens with zero attached hydrogens (tertiary/aromatic N) is 1. The van der Waals surface area contributed by atoms with Gasteiger partial charge >= 0.3 is 6.09 Å². The Morgan fingerprint density at radius 3 is 2.70 bits per heavy atom. The quantitative estimate of drug-likeness (QED) is 0.566. The molecule has 0 unspecified atom stereocenters. The molecule has 0 rings (SSSR count). The Labute approximate surface area is 74.9 Å². The highest BCUT2D eigenvalue weighted by Crippen LogP contribution is 1.90. The van der Waals surface area contributed by atoms with Crippen LogP contribution in [0.25, 0.3) is 0 Å². The molecule has 0 saturated heterocycles. The van der Waals surface area contributed by atoms with Gasteiger partial charge < -0.3 is 9.64 Å². The molecule has 0 atom stereocenters. The van der Waals surface area contributed by atoms with E-state index < -0.39 is 0 Å². The Morgan fingerprint density at radius 2 is 2.30 bits per heavy atom. The van der Waals surface area contributed by atoms with Crippen molar-refractivity contribution in [3.05, 3.63) is 0 Å². The Bertz CT molecular complexity index is 108. The molecule has 60 valence electrons. The molecule has 0 aromatic rings. The lowest BCUT2D eigenvalue weighted by Gasteiger charge is -2.13. The van der Waals surface area contributed by atoms with Gasteiger partial charge in [-0.05, 0) is 6.92 Å². The molecular formula is C6H12INO2. The maximum atomic E-state index is 10.8. The summed E-state index contributed by atoms with van der Waals surface area (Å²) in [4.78, 5) is 12.4. The van der Waals surface area contributed by atoms with E-state index >= 15 is 0 Å². The molecule has 0 saturated carbocycles. The van der Waals surface area contributed by atoms with Crippen LogP contribution in [0.3, 0.4) is 0 Å². The lowest BCUT2D eigenvalue weighted by Crippen LogP contribution is -2.27. The van der Waals surface area contributed by atoms with Gasteiger partial charge in [-0.2, -0.15) is 0 Å². The van der Waals surface area contributed by atoms with Crippen LogP contribution in [0.4, 0.5) is 4.79 Å². The fourth-order valence-corrected chi connectivity index (χ4v) is 0.585. The average molecular weight is 257 g/mol. The van der Waals surface area contributed by atoms with Gasteiger partial charge in [0.1, 0.15) is 6.61 Å². The lowest BCUT2D eigenvalue weighted by atomic mass is 10.7. The molecule has 0 aromatic carbocycles. The Hall–Kier alpha value is 0. The molecule has 1 amide bonds. The average Bonchev–Trinajstić information content (AvgIpc) is 1.98. The largest absolute Gasteiger partial charge is 0.449 e. The number of hydrogen-bond acceptors (Lipinski definition) is 2. The Morgan fingerprint density at radius 1 is 1.70 bits per heavy atom. The predicted octanol–water partition coefficient (Wildman–Crippen LogP) is 1.51. The van der Waals surface area contributed by atoms with Crippen molar-refractivity contribution < 1.29 is 9.53 Å². The van der Waals surface area contributed by atoms with Gasteiger partial charge in [0.2, 0.25) is 0 Å². The fourth-order valence-electron chi connectivity index (χ4n) is 0.365. The molecule has 0 spiro atoms. The van der Waals surface area contributed by atoms with Gasteiger partial charge in [0.05, 0.1) is 0 Å². The van der Waals surface area contributed by atoms with Crippen molar-refractivity contribution in [2.45, 2.75) is 6.92 Å². The van der Waals surface area contributed by atoms with E-state index in [0.29, 0.717) is 13.2 Å². The van der Waals surface area contributed by atoms with Crippen molar-refractivity contribution >= 4 is 28.7 Å². The van der Waals surface area contributed by atoms with E-state index in [9.17, 15) is 4.79 Å². The third-order valence-corrected chi connectivity index (χ3v) is 1.53. The van der Waals surface area contributed by atoms with E-state index in [0.717, 1.165) is 4.43 Å². The molecule has 0 aliphatic heterocycles. The summed E-state index contributed by atoms with van der Waals surface area (Å²) in [5.74, 6) is 0. The van der Waals surface area contributed by atoms with Crippen molar-refractivity contribution in [1.29, 1.82) is 0 Å². The molecule has 0 bridgehead atoms. The van der Waals surface area contributed by atoms with Crippen molar-refractivity contribution in [2.75, 3.05) is 24.6 Å². The van der Waals surface area contributed by atoms with Crippen LogP contribution in [-0.4, -0.2) is 35.6 Å². The smallest absolute Gasteiger partial charge is 0.409 e. The minimum Gasteiger partial charge on any atom is -0.449 e. The summed E-state index contributed by atoms with van der Waals surface area (Å²) < 4.78 is 5.67. The third kappa shape index (κ3) is 3.92. The zero-order chi connectivity index (χ0) is 7.98. The van der Waals surface area contributed by atoms with Crippen molar-refractivity contribution in [2.24, 2.45) is 0 Å². The summed E-state index contributed by atoms with van der Waals surface area (Å²) >= 11 is 2.16. The standard InChI is InChI=1S/C6H12INO2/c1-3-8(2)6(9)10-5-4-7/h3-5H2,1-2H3. The first-order valence-corrected chi connectivity index (χ1v) is 4.68. The SMILES string of the molecule is CCN(C)C(=O)OCCI. The first-order valence-electron chi connectivity index (χ1n) is 3.16. The zero-order valence-electron chi connectivity index (χ0n) is 6.26. The number of carbonyl (C=O) groups excluding carboxylic acids is 1. The number of ether oxygens (including phenoxy) is 1. The minimum atomic E-state index is -0.237. The molecular weight excluding hydrogens is 245 g/mol. The van der Waals surface area contributed by atoms with Gasteiger partial charge in [0.25, 0.3) is 0 Å². The highest BCUT2D eigenvalue weighted by molar-refractivity contribution is 14.1. The summed E-state index contributed by atoms with van der Waals surface area (Å²) in [6.07, 6.45) is -0.237. The minimum absolute atomic E-state index is 0.237. The summed E-state index contributed by atoms with van der Waals surface area (Å²) in [6, 6.07) is 0. The third-order valence-electron chi connectivity index (χ3n) is 1.09. The molecule has 0 N–H and O–H groups in total. The molecule has 3 nitrogen and oxygen atoms in total. The van der Waals surface area contributed by atoms with Crippen LogP contribution in [0.15, 0.2) is 0 Å². The number of amides is 1. The van der Waals surface area contributed by atoms with Gasteiger partial charge in [-0.25, -0.2) is 4.79 Å². The lowest BCUT2D eigenvalue weighted by molar-refractivity contribution is 0.119. The van der Waals surface area contributed by atoms with E-state index in [1.54, 1.807) is 7.05 Å². The maximum Gasteiger partial charge on any atom is 0.409 e. The number of alkyl halides is 1. The van der Waals surface area contributed by atoms with Crippen LogP contribution in [0.2, 0.25) is 0 Å². The number of rotatable bonds is 3. The molecule has 0 aliphatic carbocycles. The highest BCUT2D eigenvalue weighted by Gasteiger charge is 2.05. The topological polar surface area (TPSA) is 29.5 Å². The highest BCUT2D eigenvalue weighted by atomic mass is 127. The van der Waals surface area contributed by atoms with Crippen LogP contribution in [0, 0.1) is 0 Å². The number of halogens is 1. The molecule has 10 heavy (non-hydrogen) atoms. The monoisotopic (exact) mass is 257 g/mol. The van der Waals surface area contributed by atoms with Gasteiger partial charge in [-0.1, -0.05) is 22.6 Å². The van der Waals surface area contributed by atoms with E-state index in [1.807, 2.05) is 6.92 Å². The number of hydrogen-bond donors (Lipinski definition) is 0. The van der Waals surface area contributed by atoms with E-state index in [1.165, 1.54) is 4.90 Å². The van der Waals surface area contributed by atoms with Crippen LogP contribution >= 0.6 is 22.6 Å². The maximum absolute atomic E-state index is 10.8. The molecule has 0 fully saturated rings. The van der Waals surface area contributed by atoms with E-state index in [-0.39, 0.29) is 6.09 Å². The normalized spacial score (nSPS) is 9.10. The first-order chi connectivity index (χ1) is 4.72. The van der Waals surface area contributed by atoms with Gasteiger partial charge in [0.15, 0.2) is 0 Å². The van der Waals surface area contributed by atoms with E-state index in [4.69, 9.17) is 4.74 Å². The zero-order valence-corrected chi connectivity index (χ0v) is 8.42. The first kappa shape index (κ1) is 10.0. The van der Waals surface area contributed by atoms with Gasteiger partial charge in [0, 0.05) is 18.0 Å². The van der Waals surface area contributed by atoms with Crippen molar-refractivity contribution in [3.8, 4) is 0 Å². The summed E-state index contributed by atoms with van der Waals surface area (Å²) in [5, 5.41) is 0. The van der Waals surface area contributed by atoms with Crippen molar-refractivity contribution in [1.82, 2.24) is 4.90 Å². The second-order valence-corrected chi connectivity index (χ2v) is 2.90. The summed E-state index contributed by atoms with van der Waals surface area (Å²) in [7, 11) is 1.72. The van der Waals surface area contributed by atoms with Crippen LogP contribution < -0.4 is 0 Å². The van der Waals surface area contributed by atoms with Gasteiger partial charge in [-0.3, -0.25) is 0 Å². The molecule has 4 heteroatoms. The molecule has 0 aromatic heterocycles. The summed E-state index contributed by atoms with van der Waals surface area (Å²) in [5.41, 5.74) is 0. The van der Waals surface area contributed by atoms with Crippen molar-refractivity contribution in [3.63, 3.8) is 0 Å². The van der Waals surface area contributed by atoms with Crippen LogP contribution in [-0.2, 0) is 4.74 Å². The molecule has 0 heterocycles. The van der Waals surface area contributed by atoms with Crippen LogP contribution in [0.5, 0.6) is 0 Å². The Balaban J connectivity index is 3.42. The predicted molar refractivity (Wildman–Crippen MR) is 48.5 cm³/mol. The van der Waals surface area contributed by atoms with E-state index in [2.05, 4.69) is 22.6 Å². The molecule has 0 radical (unpaired) electrons. The second-order valence-electron chi connectivity index (χ2n) is 1.82. The Kier molecular flexibility index (Phi) is 5.76. The second kappa shape index (κ2) is 5.76. The summed E-state index contributed by atoms with van der Waals surface area (Å²) in [6.45, 7) is 3.11. The van der Waals surface area contributed by atoms with Gasteiger partial charge in [-0.15, -0.1) is 0 Å². The number of carbonyl (C=O) groups is 1. The fraction of sp³-hybridized carbons (Fsp3) is 0.833. The van der Waals surface area contributed by atoms with Crippen LogP contribution in [0.1, 0.15) is 6.92 Å².